The van der Waals surface area contributed by atoms with Gasteiger partial charge in [-0.05, 0) is 6.92 Å². The van der Waals surface area contributed by atoms with E-state index in [4.69, 9.17) is 10.9 Å². The van der Waals surface area contributed by atoms with Crippen molar-refractivity contribution in [2.24, 2.45) is 10.9 Å². The first-order valence-electron chi connectivity index (χ1n) is 5.26. The van der Waals surface area contributed by atoms with E-state index in [1.165, 1.54) is 27.7 Å². The molecule has 8 heteroatoms. The second kappa shape index (κ2) is 4.70. The smallest absolute Gasteiger partial charge is 0.294 e. The number of hydrogen-bond acceptors (Lipinski definition) is 5. The standard InChI is InChI=1S/C10H12N6O2/c1-2-15-5-3-13-9(10(15)17)16-6-4-12-8(16)7(11)14-18/h3-6,18H,2H2,1H3,(H2,11,14). The second-order valence-corrected chi connectivity index (χ2v) is 3.45. The molecule has 0 aliphatic carbocycles. The van der Waals surface area contributed by atoms with Crippen molar-refractivity contribution in [2.75, 3.05) is 0 Å². The van der Waals surface area contributed by atoms with Crippen LogP contribution in [0.3, 0.4) is 0 Å². The van der Waals surface area contributed by atoms with Crippen molar-refractivity contribution in [3.05, 3.63) is 41.0 Å². The molecule has 0 atom stereocenters. The highest BCUT2D eigenvalue weighted by Gasteiger charge is 2.13. The largest absolute Gasteiger partial charge is 0.409 e. The molecule has 2 heterocycles. The first kappa shape index (κ1) is 11.8. The molecule has 18 heavy (non-hydrogen) atoms. The third-order valence-corrected chi connectivity index (χ3v) is 2.44. The van der Waals surface area contributed by atoms with E-state index in [0.717, 1.165) is 0 Å². The van der Waals surface area contributed by atoms with E-state index < -0.39 is 0 Å². The van der Waals surface area contributed by atoms with E-state index in [9.17, 15) is 4.79 Å². The summed E-state index contributed by atoms with van der Waals surface area (Å²) in [5, 5.41) is 11.5. The zero-order chi connectivity index (χ0) is 13.1. The van der Waals surface area contributed by atoms with Crippen molar-refractivity contribution in [3.8, 4) is 5.82 Å². The van der Waals surface area contributed by atoms with Crippen molar-refractivity contribution < 1.29 is 5.21 Å². The Balaban J connectivity index is 2.64. The molecule has 0 aliphatic rings. The number of aryl methyl sites for hydroxylation is 1. The Morgan fingerprint density at radius 2 is 2.17 bits per heavy atom. The van der Waals surface area contributed by atoms with Crippen molar-refractivity contribution in [2.45, 2.75) is 13.5 Å². The first-order chi connectivity index (χ1) is 8.69. The van der Waals surface area contributed by atoms with Gasteiger partial charge in [-0.25, -0.2) is 9.97 Å². The van der Waals surface area contributed by atoms with Crippen LogP contribution in [0.25, 0.3) is 5.82 Å². The molecule has 2 aromatic rings. The zero-order valence-electron chi connectivity index (χ0n) is 9.69. The van der Waals surface area contributed by atoms with Gasteiger partial charge >= 0.3 is 0 Å². The number of hydrogen-bond donors (Lipinski definition) is 2. The van der Waals surface area contributed by atoms with Crippen LogP contribution in [0.1, 0.15) is 12.7 Å². The molecule has 0 saturated heterocycles. The maximum atomic E-state index is 12.1. The molecule has 0 unspecified atom stereocenters. The summed E-state index contributed by atoms with van der Waals surface area (Å²) in [7, 11) is 0. The first-order valence-corrected chi connectivity index (χ1v) is 5.26. The van der Waals surface area contributed by atoms with Crippen molar-refractivity contribution >= 4 is 5.84 Å². The summed E-state index contributed by atoms with van der Waals surface area (Å²) in [5.74, 6) is 0.127. The number of aromatic nitrogens is 4. The van der Waals surface area contributed by atoms with Gasteiger partial charge in [0.2, 0.25) is 11.7 Å². The Kier molecular flexibility index (Phi) is 3.09. The molecular formula is C10H12N6O2. The van der Waals surface area contributed by atoms with Crippen LogP contribution in [-0.4, -0.2) is 30.1 Å². The lowest BCUT2D eigenvalue weighted by atomic mass is 10.5. The number of oxime groups is 1. The molecule has 8 nitrogen and oxygen atoms in total. The summed E-state index contributed by atoms with van der Waals surface area (Å²) in [6.45, 7) is 2.38. The molecule has 0 radical (unpaired) electrons. The summed E-state index contributed by atoms with van der Waals surface area (Å²) in [6.07, 6.45) is 6.07. The number of amidine groups is 1. The minimum Gasteiger partial charge on any atom is -0.409 e. The average molecular weight is 248 g/mol. The van der Waals surface area contributed by atoms with Gasteiger partial charge in [0.05, 0.1) is 0 Å². The number of rotatable bonds is 3. The topological polar surface area (TPSA) is 111 Å². The van der Waals surface area contributed by atoms with Crippen molar-refractivity contribution in [3.63, 3.8) is 0 Å². The van der Waals surface area contributed by atoms with Gasteiger partial charge in [-0.2, -0.15) is 0 Å². The molecule has 2 rings (SSSR count). The second-order valence-electron chi connectivity index (χ2n) is 3.45. The molecule has 0 aliphatic heterocycles. The highest BCUT2D eigenvalue weighted by molar-refractivity contribution is 5.94. The van der Waals surface area contributed by atoms with Crippen molar-refractivity contribution in [1.29, 1.82) is 0 Å². The van der Waals surface area contributed by atoms with E-state index in [0.29, 0.717) is 6.54 Å². The average Bonchev–Trinajstić information content (AvgIpc) is 2.87. The van der Waals surface area contributed by atoms with E-state index in [2.05, 4.69) is 15.1 Å². The van der Waals surface area contributed by atoms with E-state index >= 15 is 0 Å². The summed E-state index contributed by atoms with van der Waals surface area (Å²) in [4.78, 5) is 20.0. The van der Waals surface area contributed by atoms with Crippen LogP contribution in [0.4, 0.5) is 0 Å². The number of imidazole rings is 1. The number of nitrogens with zero attached hydrogens (tertiary/aromatic N) is 5. The van der Waals surface area contributed by atoms with Gasteiger partial charge in [-0.1, -0.05) is 5.16 Å². The molecule has 0 spiro atoms. The molecule has 0 bridgehead atoms. The maximum absolute atomic E-state index is 12.1. The van der Waals surface area contributed by atoms with Gasteiger partial charge < -0.3 is 15.5 Å². The lowest BCUT2D eigenvalue weighted by Gasteiger charge is -2.07. The van der Waals surface area contributed by atoms with Gasteiger partial charge in [0.1, 0.15) is 0 Å². The maximum Gasteiger partial charge on any atom is 0.294 e. The molecule has 0 amide bonds. The fourth-order valence-corrected chi connectivity index (χ4v) is 1.56. The lowest BCUT2D eigenvalue weighted by Crippen LogP contribution is -2.27. The van der Waals surface area contributed by atoms with E-state index in [1.807, 2.05) is 6.92 Å². The molecule has 2 aromatic heterocycles. The predicted octanol–water partition coefficient (Wildman–Crippen LogP) is -0.457. The predicted molar refractivity (Wildman–Crippen MR) is 63.8 cm³/mol. The highest BCUT2D eigenvalue weighted by Crippen LogP contribution is 2.03. The van der Waals surface area contributed by atoms with E-state index in [1.54, 1.807) is 6.20 Å². The Bertz CT molecular complexity index is 642. The van der Waals surface area contributed by atoms with Gasteiger partial charge in [0.25, 0.3) is 5.56 Å². The Labute approximate surface area is 102 Å². The molecule has 0 saturated carbocycles. The monoisotopic (exact) mass is 248 g/mol. The Morgan fingerprint density at radius 1 is 1.44 bits per heavy atom. The Morgan fingerprint density at radius 3 is 2.83 bits per heavy atom. The Hall–Kier alpha value is -2.64. The van der Waals surface area contributed by atoms with Crippen LogP contribution < -0.4 is 11.3 Å². The van der Waals surface area contributed by atoms with Gasteiger partial charge in [0.15, 0.2) is 5.82 Å². The normalized spacial score (nSPS) is 11.7. The SMILES string of the molecule is CCn1ccnc(-n2ccnc2C(N)=NO)c1=O. The molecule has 0 fully saturated rings. The molecule has 0 aromatic carbocycles. The fraction of sp³-hybridized carbons (Fsp3) is 0.200. The third kappa shape index (κ3) is 1.83. The lowest BCUT2D eigenvalue weighted by molar-refractivity contribution is 0.318. The van der Waals surface area contributed by atoms with Crippen LogP contribution >= 0.6 is 0 Å². The fourth-order valence-electron chi connectivity index (χ4n) is 1.56. The number of nitrogens with two attached hydrogens (primary N) is 1. The van der Waals surface area contributed by atoms with E-state index in [-0.39, 0.29) is 23.0 Å². The quantitative estimate of drug-likeness (QED) is 0.330. The summed E-state index contributed by atoms with van der Waals surface area (Å²) in [5.41, 5.74) is 5.20. The summed E-state index contributed by atoms with van der Waals surface area (Å²) < 4.78 is 2.88. The van der Waals surface area contributed by atoms with Crippen LogP contribution in [0.5, 0.6) is 0 Å². The van der Waals surface area contributed by atoms with Gasteiger partial charge in [0, 0.05) is 31.3 Å². The van der Waals surface area contributed by atoms with Crippen LogP contribution in [-0.2, 0) is 6.54 Å². The van der Waals surface area contributed by atoms with Gasteiger partial charge in [-0.3, -0.25) is 9.36 Å². The molecule has 94 valence electrons. The zero-order valence-corrected chi connectivity index (χ0v) is 9.69. The summed E-state index contributed by atoms with van der Waals surface area (Å²) >= 11 is 0. The van der Waals surface area contributed by atoms with Crippen LogP contribution in [0.2, 0.25) is 0 Å². The molecular weight excluding hydrogens is 236 g/mol. The van der Waals surface area contributed by atoms with Crippen molar-refractivity contribution in [1.82, 2.24) is 19.1 Å². The summed E-state index contributed by atoms with van der Waals surface area (Å²) in [6, 6.07) is 0. The van der Waals surface area contributed by atoms with Gasteiger partial charge in [-0.15, -0.1) is 0 Å². The van der Waals surface area contributed by atoms with Crippen LogP contribution in [0.15, 0.2) is 34.7 Å². The van der Waals surface area contributed by atoms with Crippen LogP contribution in [0, 0.1) is 0 Å². The minimum atomic E-state index is -0.273. The molecule has 3 N–H and O–H groups in total. The minimum absolute atomic E-state index is 0.151. The highest BCUT2D eigenvalue weighted by atomic mass is 16.4. The third-order valence-electron chi connectivity index (χ3n) is 2.44.